The summed E-state index contributed by atoms with van der Waals surface area (Å²) in [5.74, 6) is 0.156. The van der Waals surface area contributed by atoms with Gasteiger partial charge in [-0.3, -0.25) is 9.59 Å². The number of piperazine rings is 1. The first-order valence-electron chi connectivity index (χ1n) is 12.0. The Kier molecular flexibility index (Phi) is 11.1. The summed E-state index contributed by atoms with van der Waals surface area (Å²) in [4.78, 5) is 31.3. The first kappa shape index (κ1) is 31.1. The van der Waals surface area contributed by atoms with Crippen LogP contribution >= 0.6 is 0 Å². The zero-order valence-electron chi connectivity index (χ0n) is 21.3. The average molecular weight is 552 g/mol. The zero-order chi connectivity index (χ0) is 28.5. The van der Waals surface area contributed by atoms with Crippen LogP contribution in [0.5, 0.6) is 0 Å². The molecule has 1 aliphatic heterocycles. The van der Waals surface area contributed by atoms with Gasteiger partial charge in [0.2, 0.25) is 5.91 Å². The highest BCUT2D eigenvalue weighted by atomic mass is 19.4. The van der Waals surface area contributed by atoms with Gasteiger partial charge in [-0.05, 0) is 26.3 Å². The number of unbranched alkanes of at least 4 members (excludes halogenated alkanes) is 1. The molecule has 2 rings (SSSR count). The summed E-state index contributed by atoms with van der Waals surface area (Å²) in [6.45, 7) is 6.10. The predicted molar refractivity (Wildman–Crippen MR) is 128 cm³/mol. The first-order valence-corrected chi connectivity index (χ1v) is 12.0. The molecule has 0 spiro atoms. The number of nitrogens with zero attached hydrogens (tertiary/aromatic N) is 4. The fourth-order valence-electron chi connectivity index (χ4n) is 3.51. The Bertz CT molecular complexity index is 1090. The van der Waals surface area contributed by atoms with E-state index in [-0.39, 0.29) is 24.6 Å². The van der Waals surface area contributed by atoms with Crippen molar-refractivity contribution in [1.82, 2.24) is 20.0 Å². The van der Waals surface area contributed by atoms with Crippen molar-refractivity contribution in [3.8, 4) is 0 Å². The summed E-state index contributed by atoms with van der Waals surface area (Å²) < 4.78 is 83.6. The molecule has 8 nitrogen and oxygen atoms in total. The van der Waals surface area contributed by atoms with Gasteiger partial charge in [-0.2, -0.15) is 31.4 Å². The van der Waals surface area contributed by atoms with Crippen molar-refractivity contribution in [2.75, 3.05) is 26.2 Å². The number of alkyl halides is 6. The number of ether oxygens (including phenoxy) is 1. The Morgan fingerprint density at radius 1 is 1.18 bits per heavy atom. The van der Waals surface area contributed by atoms with Gasteiger partial charge in [0.25, 0.3) is 5.56 Å². The summed E-state index contributed by atoms with van der Waals surface area (Å²) in [6.07, 6.45) is -5.51. The number of aliphatic imine (C=N–C) groups is 1. The van der Waals surface area contributed by atoms with Gasteiger partial charge in [0.15, 0.2) is 0 Å². The number of hydrogen-bond donors (Lipinski definition) is 1. The summed E-state index contributed by atoms with van der Waals surface area (Å²) in [5, 5.41) is 5.31. The predicted octanol–water partition coefficient (Wildman–Crippen LogP) is 4.45. The number of rotatable bonds is 9. The Morgan fingerprint density at radius 2 is 1.82 bits per heavy atom. The number of aromatic amines is 1. The third kappa shape index (κ3) is 9.62. The van der Waals surface area contributed by atoms with Crippen molar-refractivity contribution in [1.29, 1.82) is 0 Å². The third-order valence-electron chi connectivity index (χ3n) is 5.70. The van der Waals surface area contributed by atoms with E-state index in [2.05, 4.69) is 10.1 Å². The molecule has 1 unspecified atom stereocenters. The molecule has 0 saturated carbocycles. The Hall–Kier alpha value is -3.16. The lowest BCUT2D eigenvalue weighted by molar-refractivity contribution is -0.139. The molecule has 0 bridgehead atoms. The van der Waals surface area contributed by atoms with Crippen molar-refractivity contribution in [2.45, 2.75) is 65.1 Å². The molecule has 14 heteroatoms. The maximum atomic E-state index is 13.2. The molecule has 38 heavy (non-hydrogen) atoms. The fraction of sp³-hybridized carbons (Fsp3) is 0.583. The minimum absolute atomic E-state index is 0.0374. The highest BCUT2D eigenvalue weighted by Crippen LogP contribution is 2.27. The van der Waals surface area contributed by atoms with Crippen LogP contribution in [-0.4, -0.2) is 70.2 Å². The van der Waals surface area contributed by atoms with Gasteiger partial charge in [0.05, 0.1) is 30.4 Å². The molecule has 2 heterocycles. The van der Waals surface area contributed by atoms with Gasteiger partial charge in [0, 0.05) is 32.4 Å². The maximum absolute atomic E-state index is 13.2. The van der Waals surface area contributed by atoms with Crippen LogP contribution in [0.25, 0.3) is 0 Å². The standard InChI is InChI=1S/C24H31F6N5O3/c1-4-5-6-7-18(23(25,26)27)14-31-17(3)34-8-10-35(11-9-34)21(36)12-16(2)38-15-19-13-20(24(28,29)30)22(37)33-32-19/h6-7,13-14,16H,4-5,8-12,15H2,1-3H3,(H,33,37)/b7-6+,18-14+,31-17?. The molecular formula is C24H31F6N5O3. The SMILES string of the molecule is CCC/C=C/C(=C\N=C(C)N1CCN(C(=O)CC(C)OCc2cc(C(F)(F)F)c(=O)[nH]n2)CC1)C(F)(F)F. The Labute approximate surface area is 216 Å². The van der Waals surface area contributed by atoms with Crippen molar-refractivity contribution in [2.24, 2.45) is 4.99 Å². The molecule has 0 aliphatic carbocycles. The molecule has 212 valence electrons. The molecule has 1 saturated heterocycles. The number of aromatic nitrogens is 2. The smallest absolute Gasteiger partial charge is 0.372 e. The fourth-order valence-corrected chi connectivity index (χ4v) is 3.51. The number of halogens is 6. The van der Waals surface area contributed by atoms with E-state index in [1.807, 2.05) is 6.92 Å². The second-order valence-electron chi connectivity index (χ2n) is 8.74. The number of hydrogen-bond acceptors (Lipinski definition) is 5. The quantitative estimate of drug-likeness (QED) is 0.212. The van der Waals surface area contributed by atoms with Gasteiger partial charge < -0.3 is 14.5 Å². The molecule has 1 aromatic heterocycles. The van der Waals surface area contributed by atoms with E-state index < -0.39 is 35.2 Å². The van der Waals surface area contributed by atoms with Crippen molar-refractivity contribution >= 4 is 11.7 Å². The van der Waals surface area contributed by atoms with Crippen molar-refractivity contribution in [3.05, 3.63) is 51.6 Å². The van der Waals surface area contributed by atoms with Gasteiger partial charge in [-0.1, -0.05) is 25.5 Å². The highest BCUT2D eigenvalue weighted by Gasteiger charge is 2.34. The van der Waals surface area contributed by atoms with E-state index in [4.69, 9.17) is 4.74 Å². The van der Waals surface area contributed by atoms with E-state index in [0.717, 1.165) is 18.7 Å². The molecular weight excluding hydrogens is 520 g/mol. The average Bonchev–Trinajstić information content (AvgIpc) is 2.84. The van der Waals surface area contributed by atoms with E-state index in [9.17, 15) is 35.9 Å². The zero-order valence-corrected chi connectivity index (χ0v) is 21.3. The van der Waals surface area contributed by atoms with Crippen LogP contribution in [0.1, 0.15) is 51.3 Å². The summed E-state index contributed by atoms with van der Waals surface area (Å²) in [6, 6.07) is 0.602. The van der Waals surface area contributed by atoms with Gasteiger partial charge in [-0.25, -0.2) is 10.1 Å². The van der Waals surface area contributed by atoms with E-state index in [0.29, 0.717) is 44.5 Å². The van der Waals surface area contributed by atoms with Crippen LogP contribution in [0.2, 0.25) is 0 Å². The van der Waals surface area contributed by atoms with Gasteiger partial charge in [-0.15, -0.1) is 0 Å². The van der Waals surface area contributed by atoms with Crippen LogP contribution in [0, 0.1) is 0 Å². The minimum atomic E-state index is -4.83. The summed E-state index contributed by atoms with van der Waals surface area (Å²) in [5.41, 5.74) is -3.72. The van der Waals surface area contributed by atoms with Crippen LogP contribution < -0.4 is 5.56 Å². The number of amides is 1. The van der Waals surface area contributed by atoms with Crippen LogP contribution in [0.3, 0.4) is 0 Å². The van der Waals surface area contributed by atoms with Gasteiger partial charge >= 0.3 is 12.4 Å². The molecule has 1 aliphatic rings. The Morgan fingerprint density at radius 3 is 2.39 bits per heavy atom. The molecule has 0 aromatic carbocycles. The lowest BCUT2D eigenvalue weighted by atomic mass is 10.2. The number of allylic oxidation sites excluding steroid dienone is 3. The maximum Gasteiger partial charge on any atom is 0.421 e. The first-order chi connectivity index (χ1) is 17.7. The number of H-pyrrole nitrogens is 1. The molecule has 1 aromatic rings. The lowest BCUT2D eigenvalue weighted by Gasteiger charge is -2.36. The summed E-state index contributed by atoms with van der Waals surface area (Å²) >= 11 is 0. The third-order valence-corrected chi connectivity index (χ3v) is 5.70. The lowest BCUT2D eigenvalue weighted by Crippen LogP contribution is -2.50. The Balaban J connectivity index is 1.88. The van der Waals surface area contributed by atoms with E-state index in [1.165, 1.54) is 6.08 Å². The van der Waals surface area contributed by atoms with Crippen molar-refractivity contribution in [3.63, 3.8) is 0 Å². The number of carbonyl (C=O) groups excluding carboxylic acids is 1. The van der Waals surface area contributed by atoms with E-state index >= 15 is 0 Å². The number of amidine groups is 1. The van der Waals surface area contributed by atoms with Crippen LogP contribution in [0.15, 0.2) is 39.8 Å². The molecule has 1 N–H and O–H groups in total. The van der Waals surface area contributed by atoms with Gasteiger partial charge in [0.1, 0.15) is 11.4 Å². The second-order valence-corrected chi connectivity index (χ2v) is 8.74. The normalized spacial score (nSPS) is 16.9. The largest absolute Gasteiger partial charge is 0.421 e. The molecule has 1 amide bonds. The number of nitrogens with one attached hydrogen (secondary N) is 1. The molecule has 0 radical (unpaired) electrons. The number of carbonyl (C=O) groups is 1. The van der Waals surface area contributed by atoms with Crippen LogP contribution in [-0.2, 0) is 22.3 Å². The molecule has 1 fully saturated rings. The monoisotopic (exact) mass is 551 g/mol. The topological polar surface area (TPSA) is 90.9 Å². The minimum Gasteiger partial charge on any atom is -0.372 e. The van der Waals surface area contributed by atoms with Crippen molar-refractivity contribution < 1.29 is 35.9 Å². The molecule has 1 atom stereocenters. The summed E-state index contributed by atoms with van der Waals surface area (Å²) in [7, 11) is 0. The van der Waals surface area contributed by atoms with Crippen LogP contribution in [0.4, 0.5) is 26.3 Å². The van der Waals surface area contributed by atoms with E-state index in [1.54, 1.807) is 28.7 Å². The highest BCUT2D eigenvalue weighted by molar-refractivity contribution is 5.81. The second kappa shape index (κ2) is 13.6.